The minimum Gasteiger partial charge on any atom is -0.481 e. The minimum atomic E-state index is -4.81. The normalized spacial score (nSPS) is 14.6. The molecule has 0 aliphatic heterocycles. The smallest absolute Gasteiger partial charge is 0.403 e. The fourth-order valence-corrected chi connectivity index (χ4v) is 1.72. The zero-order valence-electron chi connectivity index (χ0n) is 9.12. The third kappa shape index (κ3) is 7.97. The second-order valence-electron chi connectivity index (χ2n) is 3.62. The van der Waals surface area contributed by atoms with Crippen LogP contribution in [0.25, 0.3) is 0 Å². The Hall–Kier alpha value is -0.830. The van der Waals surface area contributed by atoms with Gasteiger partial charge in [-0.2, -0.15) is 13.2 Å². The van der Waals surface area contributed by atoms with Gasteiger partial charge in [0.15, 0.2) is 5.92 Å². The number of aliphatic carboxylic acids is 1. The van der Waals surface area contributed by atoms with Crippen molar-refractivity contribution in [2.75, 3.05) is 25.1 Å². The Labute approximate surface area is 96.9 Å². The zero-order chi connectivity index (χ0) is 13.7. The van der Waals surface area contributed by atoms with Crippen LogP contribution >= 0.6 is 0 Å². The first kappa shape index (κ1) is 16.2. The van der Waals surface area contributed by atoms with Gasteiger partial charge in [-0.05, 0) is 13.0 Å². The summed E-state index contributed by atoms with van der Waals surface area (Å²) < 4.78 is 57.8. The van der Waals surface area contributed by atoms with Gasteiger partial charge in [-0.25, -0.2) is 8.42 Å². The zero-order valence-corrected chi connectivity index (χ0v) is 9.94. The molecule has 9 heteroatoms. The molecule has 0 rings (SSSR count). The Kier molecular flexibility index (Phi) is 5.89. The highest BCUT2D eigenvalue weighted by Crippen LogP contribution is 2.25. The van der Waals surface area contributed by atoms with E-state index in [0.29, 0.717) is 0 Å². The van der Waals surface area contributed by atoms with Gasteiger partial charge in [-0.15, -0.1) is 0 Å². The molecule has 5 nitrogen and oxygen atoms in total. The van der Waals surface area contributed by atoms with Crippen molar-refractivity contribution in [3.8, 4) is 0 Å². The molecule has 0 aromatic rings. The molecule has 17 heavy (non-hydrogen) atoms. The Bertz CT molecular complexity index is 352. The maximum Gasteiger partial charge on any atom is 0.403 e. The van der Waals surface area contributed by atoms with Crippen LogP contribution in [0.5, 0.6) is 0 Å². The number of halogens is 3. The topological polar surface area (TPSA) is 83.5 Å². The van der Waals surface area contributed by atoms with E-state index in [0.717, 1.165) is 6.26 Å². The summed E-state index contributed by atoms with van der Waals surface area (Å²) in [6.07, 6.45) is -3.65. The summed E-state index contributed by atoms with van der Waals surface area (Å²) in [6, 6.07) is 0. The summed E-state index contributed by atoms with van der Waals surface area (Å²) in [6.45, 7) is -0.741. The molecule has 0 bridgehead atoms. The molecule has 0 heterocycles. The molecule has 0 aromatic carbocycles. The van der Waals surface area contributed by atoms with Gasteiger partial charge in [0.1, 0.15) is 9.84 Å². The molecule has 0 aliphatic rings. The summed E-state index contributed by atoms with van der Waals surface area (Å²) in [5, 5.41) is 10.6. The van der Waals surface area contributed by atoms with Gasteiger partial charge in [0, 0.05) is 12.8 Å². The number of carboxylic acids is 1. The van der Waals surface area contributed by atoms with Crippen molar-refractivity contribution in [3.05, 3.63) is 0 Å². The summed E-state index contributed by atoms with van der Waals surface area (Å²) >= 11 is 0. The molecule has 1 atom stereocenters. The Morgan fingerprint density at radius 3 is 2.29 bits per heavy atom. The van der Waals surface area contributed by atoms with Crippen LogP contribution in [-0.2, 0) is 14.6 Å². The number of nitrogens with one attached hydrogen (secondary N) is 1. The molecule has 1 unspecified atom stereocenters. The van der Waals surface area contributed by atoms with Gasteiger partial charge in [0.2, 0.25) is 0 Å². The van der Waals surface area contributed by atoms with Crippen LogP contribution in [0.2, 0.25) is 0 Å². The number of sulfone groups is 1. The second kappa shape index (κ2) is 6.20. The number of hydrogen-bond donors (Lipinski definition) is 2. The van der Waals surface area contributed by atoms with Crippen molar-refractivity contribution < 1.29 is 31.5 Å². The Balaban J connectivity index is 3.97. The predicted octanol–water partition coefficient (Wildman–Crippen LogP) is 0.274. The SMILES string of the molecule is CS(=O)(=O)CCCNCC(C(=O)O)C(F)(F)F. The number of carboxylic acid groups (broad SMARTS) is 1. The summed E-state index contributed by atoms with van der Waals surface area (Å²) in [5.74, 6) is -4.57. The van der Waals surface area contributed by atoms with Gasteiger partial charge >= 0.3 is 12.1 Å². The molecule has 0 spiro atoms. The molecule has 0 saturated heterocycles. The summed E-state index contributed by atoms with van der Waals surface area (Å²) in [4.78, 5) is 10.3. The van der Waals surface area contributed by atoms with Crippen molar-refractivity contribution in [1.82, 2.24) is 5.32 Å². The number of hydrogen-bond acceptors (Lipinski definition) is 4. The standard InChI is InChI=1S/C8H14F3NO4S/c1-17(15,16)4-2-3-12-5-6(7(13)14)8(9,10)11/h6,12H,2-5H2,1H3,(H,13,14). The average Bonchev–Trinajstić information content (AvgIpc) is 2.05. The van der Waals surface area contributed by atoms with E-state index in [1.807, 2.05) is 0 Å². The van der Waals surface area contributed by atoms with E-state index in [-0.39, 0.29) is 18.7 Å². The lowest BCUT2D eigenvalue weighted by molar-refractivity contribution is -0.192. The van der Waals surface area contributed by atoms with Crippen molar-refractivity contribution >= 4 is 15.8 Å². The highest BCUT2D eigenvalue weighted by molar-refractivity contribution is 7.90. The van der Waals surface area contributed by atoms with Crippen molar-refractivity contribution in [3.63, 3.8) is 0 Å². The maximum atomic E-state index is 12.2. The van der Waals surface area contributed by atoms with Crippen LogP contribution in [0.4, 0.5) is 13.2 Å². The first-order chi connectivity index (χ1) is 7.54. The van der Waals surface area contributed by atoms with E-state index in [4.69, 9.17) is 5.11 Å². The maximum absolute atomic E-state index is 12.2. The van der Waals surface area contributed by atoms with E-state index < -0.39 is 34.4 Å². The highest BCUT2D eigenvalue weighted by Gasteiger charge is 2.44. The monoisotopic (exact) mass is 277 g/mol. The van der Waals surface area contributed by atoms with Gasteiger partial charge in [-0.3, -0.25) is 4.79 Å². The van der Waals surface area contributed by atoms with E-state index in [1.165, 1.54) is 0 Å². The van der Waals surface area contributed by atoms with Crippen molar-refractivity contribution in [1.29, 1.82) is 0 Å². The van der Waals surface area contributed by atoms with Gasteiger partial charge < -0.3 is 10.4 Å². The quantitative estimate of drug-likeness (QED) is 0.653. The predicted molar refractivity (Wildman–Crippen MR) is 54.4 cm³/mol. The van der Waals surface area contributed by atoms with E-state index in [2.05, 4.69) is 5.32 Å². The lowest BCUT2D eigenvalue weighted by Gasteiger charge is -2.16. The molecule has 0 radical (unpaired) electrons. The van der Waals surface area contributed by atoms with E-state index >= 15 is 0 Å². The van der Waals surface area contributed by atoms with Crippen molar-refractivity contribution in [2.24, 2.45) is 5.92 Å². The third-order valence-corrected chi connectivity index (χ3v) is 2.94. The van der Waals surface area contributed by atoms with Gasteiger partial charge in [0.05, 0.1) is 5.75 Å². The molecule has 2 N–H and O–H groups in total. The first-order valence-electron chi connectivity index (χ1n) is 4.72. The lowest BCUT2D eigenvalue weighted by Crippen LogP contribution is -2.39. The van der Waals surface area contributed by atoms with E-state index in [9.17, 15) is 26.4 Å². The molecule has 102 valence electrons. The number of rotatable bonds is 7. The Morgan fingerprint density at radius 2 is 1.94 bits per heavy atom. The molecular weight excluding hydrogens is 263 g/mol. The van der Waals surface area contributed by atoms with Crippen LogP contribution in [0, 0.1) is 5.92 Å². The molecule has 0 fully saturated rings. The molecule has 0 aromatic heterocycles. The van der Waals surface area contributed by atoms with Crippen LogP contribution in [0.3, 0.4) is 0 Å². The summed E-state index contributed by atoms with van der Waals surface area (Å²) in [7, 11) is -3.15. The molecule has 0 saturated carbocycles. The fraction of sp³-hybridized carbons (Fsp3) is 0.875. The Morgan fingerprint density at radius 1 is 1.41 bits per heavy atom. The average molecular weight is 277 g/mol. The largest absolute Gasteiger partial charge is 0.481 e. The minimum absolute atomic E-state index is 0.0208. The van der Waals surface area contributed by atoms with Crippen LogP contribution < -0.4 is 5.32 Å². The van der Waals surface area contributed by atoms with Crippen LogP contribution in [0.1, 0.15) is 6.42 Å². The molecule has 0 aliphatic carbocycles. The van der Waals surface area contributed by atoms with Gasteiger partial charge in [0.25, 0.3) is 0 Å². The number of carbonyl (C=O) groups is 1. The first-order valence-corrected chi connectivity index (χ1v) is 6.78. The molecule has 0 amide bonds. The molecular formula is C8H14F3NO4S. The van der Waals surface area contributed by atoms with Crippen LogP contribution in [-0.4, -0.2) is 50.8 Å². The van der Waals surface area contributed by atoms with Crippen molar-refractivity contribution in [2.45, 2.75) is 12.6 Å². The van der Waals surface area contributed by atoms with Crippen LogP contribution in [0.15, 0.2) is 0 Å². The number of alkyl halides is 3. The van der Waals surface area contributed by atoms with E-state index in [1.54, 1.807) is 0 Å². The summed E-state index contributed by atoms with van der Waals surface area (Å²) in [5.41, 5.74) is 0. The van der Waals surface area contributed by atoms with Gasteiger partial charge in [-0.1, -0.05) is 0 Å². The fourth-order valence-electron chi connectivity index (χ4n) is 1.05. The third-order valence-electron chi connectivity index (χ3n) is 1.91. The lowest BCUT2D eigenvalue weighted by atomic mass is 10.1. The second-order valence-corrected chi connectivity index (χ2v) is 5.88. The highest BCUT2D eigenvalue weighted by atomic mass is 32.2.